The second kappa shape index (κ2) is 6.96. The van der Waals surface area contributed by atoms with Gasteiger partial charge in [0.1, 0.15) is 11.9 Å². The number of fused-ring (bicyclic) bond motifs is 1. The monoisotopic (exact) mass is 352 g/mol. The molecule has 6 nitrogen and oxygen atoms in total. The van der Waals surface area contributed by atoms with Gasteiger partial charge in [-0.15, -0.1) is 0 Å². The minimum absolute atomic E-state index is 0.00512. The molecule has 1 fully saturated rings. The Bertz CT molecular complexity index is 763. The van der Waals surface area contributed by atoms with E-state index >= 15 is 0 Å². The zero-order chi connectivity index (χ0) is 18.0. The minimum Gasteiger partial charge on any atom is -0.373 e. The summed E-state index contributed by atoms with van der Waals surface area (Å²) >= 11 is 0. The molecule has 0 bridgehead atoms. The topological polar surface area (TPSA) is 66.5 Å². The van der Waals surface area contributed by atoms with Crippen molar-refractivity contribution in [2.24, 2.45) is 0 Å². The van der Waals surface area contributed by atoms with E-state index in [1.165, 1.54) is 0 Å². The second-order valence-electron chi connectivity index (χ2n) is 7.18. The van der Waals surface area contributed by atoms with Crippen LogP contribution in [0.1, 0.15) is 25.3 Å². The molecule has 2 unspecified atom stereocenters. The van der Waals surface area contributed by atoms with Crippen LogP contribution in [-0.4, -0.2) is 40.7 Å². The zero-order valence-electron chi connectivity index (χ0n) is 14.9. The van der Waals surface area contributed by atoms with Crippen molar-refractivity contribution >= 4 is 5.91 Å². The van der Waals surface area contributed by atoms with E-state index in [0.29, 0.717) is 12.2 Å². The number of ether oxygens (including phenoxy) is 1. The molecule has 4 heterocycles. The average Bonchev–Trinajstić information content (AvgIpc) is 3.26. The van der Waals surface area contributed by atoms with Gasteiger partial charge in [0.25, 0.3) is 5.91 Å². The quantitative estimate of drug-likeness (QED) is 0.846. The highest BCUT2D eigenvalue weighted by molar-refractivity contribution is 5.94. The number of hydrogen-bond acceptors (Lipinski definition) is 5. The van der Waals surface area contributed by atoms with Gasteiger partial charge in [0, 0.05) is 38.2 Å². The Morgan fingerprint density at radius 1 is 1.50 bits per heavy atom. The normalized spacial score (nSPS) is 26.8. The molecule has 1 aromatic heterocycles. The first-order valence-corrected chi connectivity index (χ1v) is 9.10. The summed E-state index contributed by atoms with van der Waals surface area (Å²) in [4.78, 5) is 19.1. The summed E-state index contributed by atoms with van der Waals surface area (Å²) < 4.78 is 5.77. The molecule has 4 rings (SSSR count). The van der Waals surface area contributed by atoms with Crippen molar-refractivity contribution < 1.29 is 9.53 Å². The van der Waals surface area contributed by atoms with Gasteiger partial charge in [0.2, 0.25) is 0 Å². The number of pyridine rings is 1. The molecule has 2 atom stereocenters. The molecule has 136 valence electrons. The molecule has 0 spiro atoms. The Labute approximate surface area is 153 Å². The molecule has 1 saturated heterocycles. The number of nitrogens with zero attached hydrogens (tertiary/aromatic N) is 2. The fraction of sp³-hybridized carbons (Fsp3) is 0.400. The number of carbonyl (C=O) groups is 1. The van der Waals surface area contributed by atoms with Gasteiger partial charge in [0.15, 0.2) is 0 Å². The Morgan fingerprint density at radius 3 is 3.19 bits per heavy atom. The third-order valence-electron chi connectivity index (χ3n) is 5.10. The van der Waals surface area contributed by atoms with Crippen LogP contribution in [-0.2, 0) is 16.0 Å². The molecule has 3 aliphatic heterocycles. The lowest BCUT2D eigenvalue weighted by atomic mass is 10.0. The highest BCUT2D eigenvalue weighted by atomic mass is 16.5. The number of amides is 1. The Kier molecular flexibility index (Phi) is 4.51. The molecule has 3 aliphatic rings. The van der Waals surface area contributed by atoms with E-state index in [4.69, 9.17) is 4.74 Å². The maximum absolute atomic E-state index is 12.8. The average molecular weight is 352 g/mol. The Morgan fingerprint density at radius 2 is 2.42 bits per heavy atom. The molecular weight excluding hydrogens is 328 g/mol. The van der Waals surface area contributed by atoms with Crippen LogP contribution < -0.4 is 10.6 Å². The molecule has 1 amide bonds. The summed E-state index contributed by atoms with van der Waals surface area (Å²) in [6.45, 7) is 3.35. The summed E-state index contributed by atoms with van der Waals surface area (Å²) in [6.07, 6.45) is 14.3. The number of rotatable bonds is 5. The van der Waals surface area contributed by atoms with Gasteiger partial charge in [-0.05, 0) is 43.5 Å². The molecule has 0 aliphatic carbocycles. The molecule has 0 saturated carbocycles. The van der Waals surface area contributed by atoms with Gasteiger partial charge in [-0.3, -0.25) is 9.78 Å². The van der Waals surface area contributed by atoms with Gasteiger partial charge in [0.05, 0.1) is 11.3 Å². The lowest BCUT2D eigenvalue weighted by molar-refractivity contribution is -0.119. The van der Waals surface area contributed by atoms with Crippen LogP contribution in [0.15, 0.2) is 60.3 Å². The molecule has 2 N–H and O–H groups in total. The minimum atomic E-state index is -0.253. The van der Waals surface area contributed by atoms with Crippen LogP contribution in [0.4, 0.5) is 0 Å². The number of nitrogens with one attached hydrogen (secondary N) is 2. The van der Waals surface area contributed by atoms with Crippen LogP contribution in [0.3, 0.4) is 0 Å². The van der Waals surface area contributed by atoms with Crippen molar-refractivity contribution in [2.75, 3.05) is 13.2 Å². The van der Waals surface area contributed by atoms with E-state index in [9.17, 15) is 4.79 Å². The first kappa shape index (κ1) is 16.8. The first-order valence-electron chi connectivity index (χ1n) is 9.10. The third-order valence-corrected chi connectivity index (χ3v) is 5.10. The number of aromatic nitrogens is 1. The molecule has 0 aromatic carbocycles. The Hall–Kier alpha value is -2.60. The van der Waals surface area contributed by atoms with Crippen LogP contribution in [0.25, 0.3) is 0 Å². The molecular formula is C20H24N4O2. The lowest BCUT2D eigenvalue weighted by Gasteiger charge is -2.25. The van der Waals surface area contributed by atoms with E-state index in [2.05, 4.69) is 27.4 Å². The van der Waals surface area contributed by atoms with Crippen LogP contribution in [0.2, 0.25) is 0 Å². The largest absolute Gasteiger partial charge is 0.373 e. The first-order chi connectivity index (χ1) is 12.6. The summed E-state index contributed by atoms with van der Waals surface area (Å²) in [5.41, 5.74) is 2.38. The maximum Gasteiger partial charge on any atom is 0.269 e. The number of carbonyl (C=O) groups excluding carboxylic acids is 1. The second-order valence-corrected chi connectivity index (χ2v) is 7.18. The highest BCUT2D eigenvalue weighted by Crippen LogP contribution is 2.27. The van der Waals surface area contributed by atoms with Crippen LogP contribution in [0.5, 0.6) is 0 Å². The van der Waals surface area contributed by atoms with Crippen LogP contribution >= 0.6 is 0 Å². The predicted octanol–water partition coefficient (Wildman–Crippen LogP) is 1.84. The zero-order valence-corrected chi connectivity index (χ0v) is 14.9. The fourth-order valence-electron chi connectivity index (χ4n) is 3.66. The van der Waals surface area contributed by atoms with Crippen molar-refractivity contribution in [2.45, 2.75) is 38.0 Å². The van der Waals surface area contributed by atoms with Crippen molar-refractivity contribution in [1.29, 1.82) is 0 Å². The fourth-order valence-corrected chi connectivity index (χ4v) is 3.66. The Balaban J connectivity index is 1.47. The van der Waals surface area contributed by atoms with E-state index in [1.54, 1.807) is 6.20 Å². The van der Waals surface area contributed by atoms with E-state index in [1.807, 2.05) is 42.8 Å². The molecule has 0 radical (unpaired) electrons. The van der Waals surface area contributed by atoms with Gasteiger partial charge >= 0.3 is 0 Å². The van der Waals surface area contributed by atoms with Gasteiger partial charge in [-0.2, -0.15) is 0 Å². The van der Waals surface area contributed by atoms with Crippen molar-refractivity contribution in [3.05, 3.63) is 65.9 Å². The molecule has 6 heteroatoms. The third kappa shape index (κ3) is 3.37. The summed E-state index contributed by atoms with van der Waals surface area (Å²) in [5, 5.41) is 6.43. The van der Waals surface area contributed by atoms with Crippen molar-refractivity contribution in [3.8, 4) is 0 Å². The van der Waals surface area contributed by atoms with E-state index in [-0.39, 0.29) is 17.7 Å². The van der Waals surface area contributed by atoms with Gasteiger partial charge in [-0.25, -0.2) is 0 Å². The predicted molar refractivity (Wildman–Crippen MR) is 98.6 cm³/mol. The van der Waals surface area contributed by atoms with E-state index in [0.717, 1.165) is 37.1 Å². The van der Waals surface area contributed by atoms with Gasteiger partial charge in [-0.1, -0.05) is 12.1 Å². The highest BCUT2D eigenvalue weighted by Gasteiger charge is 2.35. The number of hydrogen-bond donors (Lipinski definition) is 2. The maximum atomic E-state index is 12.8. The number of allylic oxidation sites excluding steroid dienone is 3. The lowest BCUT2D eigenvalue weighted by Crippen LogP contribution is -2.43. The molecule has 1 aromatic rings. The summed E-state index contributed by atoms with van der Waals surface area (Å²) in [5.74, 6) is -0.0876. The molecule has 26 heavy (non-hydrogen) atoms. The van der Waals surface area contributed by atoms with E-state index < -0.39 is 0 Å². The van der Waals surface area contributed by atoms with Crippen molar-refractivity contribution in [1.82, 2.24) is 20.5 Å². The summed E-state index contributed by atoms with van der Waals surface area (Å²) in [7, 11) is 0. The van der Waals surface area contributed by atoms with Crippen molar-refractivity contribution in [3.63, 3.8) is 0 Å². The van der Waals surface area contributed by atoms with Crippen LogP contribution in [0, 0.1) is 0 Å². The summed E-state index contributed by atoms with van der Waals surface area (Å²) in [6, 6.07) is 3.98. The SMILES string of the molecule is CC1(CNC(=O)C2=C3C=CC=CN3C(Cc3cccnc3)N2)CCCO1. The standard InChI is InChI=1S/C20H24N4O2/c1-20(8-5-11-26-20)14-22-19(25)18-16-7-2-3-10-24(16)17(23-18)12-15-6-4-9-21-13-15/h2-4,6-7,9-10,13,17,23H,5,8,11-12,14H2,1H3,(H,22,25). The smallest absolute Gasteiger partial charge is 0.269 e. The van der Waals surface area contributed by atoms with Gasteiger partial charge < -0.3 is 20.3 Å².